The van der Waals surface area contributed by atoms with Gasteiger partial charge in [-0.15, -0.1) is 0 Å². The molecule has 0 aliphatic heterocycles. The Morgan fingerprint density at radius 1 is 1.13 bits per heavy atom. The quantitative estimate of drug-likeness (QED) is 0.385. The van der Waals surface area contributed by atoms with Crippen LogP contribution in [0.2, 0.25) is 18.1 Å². The van der Waals surface area contributed by atoms with Gasteiger partial charge in [0.2, 0.25) is 0 Å². The molecule has 3 heteroatoms. The highest BCUT2D eigenvalue weighted by molar-refractivity contribution is 6.73. The standard InChI is InChI=1S/C12H23NOSi/c1-6-11(5)12(10-13)14-15(7-2,8-3)9-4/h6-9H2,1-5H3. The van der Waals surface area contributed by atoms with E-state index in [1.165, 1.54) is 0 Å². The molecule has 0 unspecified atom stereocenters. The SMILES string of the molecule is CCC(C)=C(C#N)O[Si](CC)(CC)CC. The van der Waals surface area contributed by atoms with Crippen molar-refractivity contribution in [2.24, 2.45) is 0 Å². The molecule has 15 heavy (non-hydrogen) atoms. The zero-order valence-electron chi connectivity index (χ0n) is 10.7. The largest absolute Gasteiger partial charge is 0.536 e. The first kappa shape index (κ1) is 14.2. The van der Waals surface area contributed by atoms with Crippen molar-refractivity contribution in [1.82, 2.24) is 0 Å². The minimum Gasteiger partial charge on any atom is -0.536 e. The van der Waals surface area contributed by atoms with Gasteiger partial charge < -0.3 is 4.43 Å². The highest BCUT2D eigenvalue weighted by atomic mass is 28.4. The van der Waals surface area contributed by atoms with Crippen molar-refractivity contribution in [1.29, 1.82) is 5.26 Å². The van der Waals surface area contributed by atoms with Gasteiger partial charge in [-0.3, -0.25) is 0 Å². The molecular weight excluding hydrogens is 202 g/mol. The lowest BCUT2D eigenvalue weighted by Crippen LogP contribution is -2.35. The summed E-state index contributed by atoms with van der Waals surface area (Å²) in [5.74, 6) is 0.578. The van der Waals surface area contributed by atoms with Crippen LogP contribution in [-0.2, 0) is 4.43 Å². The molecule has 0 aromatic rings. The van der Waals surface area contributed by atoms with Gasteiger partial charge in [-0.25, -0.2) is 0 Å². The molecule has 0 radical (unpaired) electrons. The van der Waals surface area contributed by atoms with E-state index in [9.17, 15) is 0 Å². The van der Waals surface area contributed by atoms with E-state index in [1.807, 2.05) is 6.92 Å². The number of allylic oxidation sites excluding steroid dienone is 2. The molecule has 0 spiro atoms. The molecule has 0 aromatic carbocycles. The Hall–Kier alpha value is -0.753. The Morgan fingerprint density at radius 3 is 1.87 bits per heavy atom. The van der Waals surface area contributed by atoms with Gasteiger partial charge in [0, 0.05) is 0 Å². The Kier molecular flexibility index (Phi) is 6.34. The van der Waals surface area contributed by atoms with Gasteiger partial charge in [-0.05, 0) is 37.0 Å². The van der Waals surface area contributed by atoms with Crippen molar-refractivity contribution >= 4 is 8.32 Å². The van der Waals surface area contributed by atoms with Crippen molar-refractivity contribution in [2.75, 3.05) is 0 Å². The first-order valence-electron chi connectivity index (χ1n) is 5.87. The van der Waals surface area contributed by atoms with Gasteiger partial charge in [-0.2, -0.15) is 5.26 Å². The predicted octanol–water partition coefficient (Wildman–Crippen LogP) is 4.22. The topological polar surface area (TPSA) is 33.0 Å². The van der Waals surface area contributed by atoms with Crippen LogP contribution in [-0.4, -0.2) is 8.32 Å². The lowest BCUT2D eigenvalue weighted by Gasteiger charge is -2.28. The van der Waals surface area contributed by atoms with Crippen LogP contribution >= 0.6 is 0 Å². The maximum Gasteiger partial charge on any atom is 0.251 e. The third-order valence-corrected chi connectivity index (χ3v) is 7.77. The number of nitriles is 1. The molecule has 0 aromatic heterocycles. The lowest BCUT2D eigenvalue weighted by atomic mass is 10.2. The van der Waals surface area contributed by atoms with Gasteiger partial charge in [0.1, 0.15) is 6.07 Å². The molecular formula is C12H23NOSi. The molecule has 0 saturated heterocycles. The van der Waals surface area contributed by atoms with Crippen molar-refractivity contribution in [3.8, 4) is 6.07 Å². The second-order valence-electron chi connectivity index (χ2n) is 3.92. The Balaban J connectivity index is 4.89. The second-order valence-corrected chi connectivity index (χ2v) is 8.61. The van der Waals surface area contributed by atoms with Gasteiger partial charge in [-0.1, -0.05) is 27.7 Å². The van der Waals surface area contributed by atoms with Crippen LogP contribution in [0.15, 0.2) is 11.3 Å². The summed E-state index contributed by atoms with van der Waals surface area (Å²) in [6, 6.07) is 5.46. The van der Waals surface area contributed by atoms with Gasteiger partial charge in [0.25, 0.3) is 8.32 Å². The summed E-state index contributed by atoms with van der Waals surface area (Å²) in [7, 11) is -1.66. The summed E-state index contributed by atoms with van der Waals surface area (Å²) in [6.07, 6.45) is 0.893. The maximum atomic E-state index is 9.07. The molecule has 0 rings (SSSR count). The summed E-state index contributed by atoms with van der Waals surface area (Å²) in [5.41, 5.74) is 1.07. The fraction of sp³-hybridized carbons (Fsp3) is 0.750. The minimum absolute atomic E-state index is 0.578. The summed E-state index contributed by atoms with van der Waals surface area (Å²) >= 11 is 0. The van der Waals surface area contributed by atoms with Crippen molar-refractivity contribution in [3.05, 3.63) is 11.3 Å². The average Bonchev–Trinajstić information content (AvgIpc) is 2.31. The monoisotopic (exact) mass is 225 g/mol. The van der Waals surface area contributed by atoms with Gasteiger partial charge in [0.15, 0.2) is 5.76 Å². The third-order valence-electron chi connectivity index (χ3n) is 3.27. The van der Waals surface area contributed by atoms with Crippen molar-refractivity contribution in [3.63, 3.8) is 0 Å². The molecule has 0 aliphatic rings. The predicted molar refractivity (Wildman–Crippen MR) is 66.9 cm³/mol. The molecule has 0 N–H and O–H groups in total. The van der Waals surface area contributed by atoms with Crippen LogP contribution in [0.4, 0.5) is 0 Å². The van der Waals surface area contributed by atoms with Crippen LogP contribution in [0, 0.1) is 11.3 Å². The molecule has 0 saturated carbocycles. The van der Waals surface area contributed by atoms with Gasteiger partial charge >= 0.3 is 0 Å². The Morgan fingerprint density at radius 2 is 1.60 bits per heavy atom. The van der Waals surface area contributed by atoms with Crippen LogP contribution in [0.25, 0.3) is 0 Å². The van der Waals surface area contributed by atoms with E-state index >= 15 is 0 Å². The molecule has 0 bridgehead atoms. The highest BCUT2D eigenvalue weighted by Crippen LogP contribution is 2.26. The van der Waals surface area contributed by atoms with Crippen LogP contribution in [0.5, 0.6) is 0 Å². The Bertz CT molecular complexity index is 253. The molecule has 0 aliphatic carbocycles. The van der Waals surface area contributed by atoms with E-state index in [2.05, 4.69) is 33.8 Å². The van der Waals surface area contributed by atoms with E-state index in [4.69, 9.17) is 9.69 Å². The number of rotatable bonds is 6. The van der Waals surface area contributed by atoms with Crippen molar-refractivity contribution < 1.29 is 4.43 Å². The molecule has 0 amide bonds. The third kappa shape index (κ3) is 3.71. The number of hydrogen-bond donors (Lipinski definition) is 0. The van der Waals surface area contributed by atoms with Crippen LogP contribution in [0.1, 0.15) is 41.0 Å². The normalized spacial score (nSPS) is 13.1. The first-order valence-corrected chi connectivity index (χ1v) is 8.40. The lowest BCUT2D eigenvalue weighted by molar-refractivity contribution is 0.418. The van der Waals surface area contributed by atoms with Crippen molar-refractivity contribution in [2.45, 2.75) is 59.2 Å². The fourth-order valence-corrected chi connectivity index (χ4v) is 4.13. The smallest absolute Gasteiger partial charge is 0.251 e. The highest BCUT2D eigenvalue weighted by Gasteiger charge is 2.31. The summed E-state index contributed by atoms with van der Waals surface area (Å²) in [4.78, 5) is 0. The molecule has 0 atom stereocenters. The Labute approximate surface area is 95.1 Å². The molecule has 2 nitrogen and oxygen atoms in total. The zero-order valence-corrected chi connectivity index (χ0v) is 11.7. The average molecular weight is 225 g/mol. The molecule has 0 heterocycles. The van der Waals surface area contributed by atoms with Crippen LogP contribution in [0.3, 0.4) is 0 Å². The summed E-state index contributed by atoms with van der Waals surface area (Å²) in [6.45, 7) is 10.6. The fourth-order valence-electron chi connectivity index (χ4n) is 1.55. The number of hydrogen-bond acceptors (Lipinski definition) is 2. The zero-order chi connectivity index (χ0) is 11.9. The van der Waals surface area contributed by atoms with E-state index in [0.717, 1.165) is 30.1 Å². The first-order chi connectivity index (χ1) is 7.09. The second kappa shape index (κ2) is 6.68. The molecule has 86 valence electrons. The molecule has 0 fully saturated rings. The van der Waals surface area contributed by atoms with E-state index in [-0.39, 0.29) is 0 Å². The van der Waals surface area contributed by atoms with E-state index in [1.54, 1.807) is 0 Å². The maximum absolute atomic E-state index is 9.07. The summed E-state index contributed by atoms with van der Waals surface area (Å²) in [5, 5.41) is 9.07. The minimum atomic E-state index is -1.66. The van der Waals surface area contributed by atoms with E-state index in [0.29, 0.717) is 5.76 Å². The number of nitrogens with zero attached hydrogens (tertiary/aromatic N) is 1. The van der Waals surface area contributed by atoms with Crippen LogP contribution < -0.4 is 0 Å². The van der Waals surface area contributed by atoms with Gasteiger partial charge in [0.05, 0.1) is 0 Å². The summed E-state index contributed by atoms with van der Waals surface area (Å²) < 4.78 is 6.04. The van der Waals surface area contributed by atoms with E-state index < -0.39 is 8.32 Å².